The predicted octanol–water partition coefficient (Wildman–Crippen LogP) is 1.27. The molecule has 1 saturated carbocycles. The van der Waals surface area contributed by atoms with Crippen LogP contribution in [0.15, 0.2) is 12.1 Å². The van der Waals surface area contributed by atoms with Crippen LogP contribution in [0.2, 0.25) is 0 Å². The van der Waals surface area contributed by atoms with Crippen molar-refractivity contribution in [3.63, 3.8) is 0 Å². The number of hydrogen-bond donors (Lipinski definition) is 1. The van der Waals surface area contributed by atoms with Crippen LogP contribution >= 0.6 is 0 Å². The molecule has 5 nitrogen and oxygen atoms in total. The van der Waals surface area contributed by atoms with Gasteiger partial charge in [-0.1, -0.05) is 0 Å². The molecule has 2 N–H and O–H groups in total. The van der Waals surface area contributed by atoms with Crippen LogP contribution in [0.1, 0.15) is 18.7 Å². The number of rotatable bonds is 3. The van der Waals surface area contributed by atoms with E-state index >= 15 is 0 Å². The van der Waals surface area contributed by atoms with Crippen molar-refractivity contribution in [1.82, 2.24) is 14.6 Å². The molecule has 0 spiro atoms. The van der Waals surface area contributed by atoms with E-state index in [4.69, 9.17) is 10.5 Å². The van der Waals surface area contributed by atoms with Crippen molar-refractivity contribution < 1.29 is 4.74 Å². The van der Waals surface area contributed by atoms with Crippen LogP contribution in [0.3, 0.4) is 0 Å². The average Bonchev–Trinajstić information content (AvgIpc) is 2.99. The number of anilines is 1. The number of nitrogens with two attached hydrogens (primary N) is 1. The number of nitrogens with zero attached hydrogens (tertiary/aromatic N) is 3. The van der Waals surface area contributed by atoms with Gasteiger partial charge in [0.2, 0.25) is 5.65 Å². The van der Waals surface area contributed by atoms with E-state index in [-0.39, 0.29) is 0 Å². The number of nitrogen functional groups attached to an aromatic ring is 1. The Morgan fingerprint density at radius 1 is 1.44 bits per heavy atom. The molecule has 5 heteroatoms. The summed E-state index contributed by atoms with van der Waals surface area (Å²) in [4.78, 5) is 0. The molecule has 2 heterocycles. The molecule has 1 aliphatic carbocycles. The summed E-state index contributed by atoms with van der Waals surface area (Å²) in [7, 11) is 1.63. The van der Waals surface area contributed by atoms with Crippen LogP contribution in [0.25, 0.3) is 5.65 Å². The highest BCUT2D eigenvalue weighted by atomic mass is 16.5. The van der Waals surface area contributed by atoms with Crippen molar-refractivity contribution >= 4 is 11.5 Å². The van der Waals surface area contributed by atoms with Crippen molar-refractivity contribution in [3.8, 4) is 5.75 Å². The van der Waals surface area contributed by atoms with Crippen LogP contribution in [0.4, 0.5) is 5.82 Å². The Kier molecular flexibility index (Phi) is 1.99. The molecule has 0 aromatic carbocycles. The Balaban J connectivity index is 2.15. The second kappa shape index (κ2) is 3.37. The number of aromatic nitrogens is 3. The maximum atomic E-state index is 5.95. The molecule has 1 fully saturated rings. The lowest BCUT2D eigenvalue weighted by Gasteiger charge is -2.05. The molecular weight excluding hydrogens is 204 g/mol. The van der Waals surface area contributed by atoms with Crippen molar-refractivity contribution in [3.05, 3.63) is 18.0 Å². The van der Waals surface area contributed by atoms with Gasteiger partial charge in [-0.3, -0.25) is 4.40 Å². The third-order valence-corrected chi connectivity index (χ3v) is 3.00. The van der Waals surface area contributed by atoms with Crippen LogP contribution in [0, 0.1) is 5.92 Å². The molecule has 0 unspecified atom stereocenters. The smallest absolute Gasteiger partial charge is 0.204 e. The van der Waals surface area contributed by atoms with Gasteiger partial charge in [-0.15, -0.1) is 10.2 Å². The number of ether oxygens (including phenoxy) is 1. The minimum atomic E-state index is 0.663. The lowest BCUT2D eigenvalue weighted by atomic mass is 10.3. The lowest BCUT2D eigenvalue weighted by molar-refractivity contribution is 0.417. The topological polar surface area (TPSA) is 65.4 Å². The Morgan fingerprint density at radius 2 is 2.25 bits per heavy atom. The average molecular weight is 218 g/mol. The summed E-state index contributed by atoms with van der Waals surface area (Å²) >= 11 is 0. The van der Waals surface area contributed by atoms with Gasteiger partial charge in [-0.25, -0.2) is 0 Å². The number of hydrogen-bond acceptors (Lipinski definition) is 4. The van der Waals surface area contributed by atoms with Gasteiger partial charge in [-0.05, 0) is 30.9 Å². The zero-order valence-corrected chi connectivity index (χ0v) is 9.18. The molecule has 0 aliphatic heterocycles. The number of pyridine rings is 1. The molecule has 16 heavy (non-hydrogen) atoms. The van der Waals surface area contributed by atoms with Crippen molar-refractivity contribution in [1.29, 1.82) is 0 Å². The fourth-order valence-corrected chi connectivity index (χ4v) is 1.93. The summed E-state index contributed by atoms with van der Waals surface area (Å²) < 4.78 is 7.12. The molecule has 2 aromatic heterocycles. The summed E-state index contributed by atoms with van der Waals surface area (Å²) in [6.45, 7) is 0. The van der Waals surface area contributed by atoms with Gasteiger partial charge in [0.05, 0.1) is 7.11 Å². The molecule has 1 aliphatic rings. The van der Waals surface area contributed by atoms with Crippen molar-refractivity contribution in [2.24, 2.45) is 5.92 Å². The normalized spacial score (nSPS) is 15.6. The Labute approximate surface area is 93.2 Å². The highest BCUT2D eigenvalue weighted by Gasteiger charge is 2.24. The standard InChI is InChI=1S/C11H14N4O/c1-16-8-4-5-9(12)15-10(6-7-2-3-7)13-14-11(8)15/h4-5,7H,2-3,6,12H2,1H3. The Hall–Kier alpha value is -1.78. The van der Waals surface area contributed by atoms with E-state index in [0.29, 0.717) is 17.2 Å². The quantitative estimate of drug-likeness (QED) is 0.842. The first-order valence-electron chi connectivity index (χ1n) is 5.46. The van der Waals surface area contributed by atoms with Crippen LogP contribution < -0.4 is 10.5 Å². The van der Waals surface area contributed by atoms with E-state index in [1.54, 1.807) is 7.11 Å². The maximum Gasteiger partial charge on any atom is 0.204 e. The van der Waals surface area contributed by atoms with E-state index in [2.05, 4.69) is 10.2 Å². The summed E-state index contributed by atoms with van der Waals surface area (Å²) in [6.07, 6.45) is 3.54. The Bertz CT molecular complexity index is 530. The minimum Gasteiger partial charge on any atom is -0.493 e. The van der Waals surface area contributed by atoms with E-state index in [1.807, 2.05) is 16.5 Å². The van der Waals surface area contributed by atoms with E-state index in [0.717, 1.165) is 18.2 Å². The molecule has 2 aromatic rings. The van der Waals surface area contributed by atoms with Gasteiger partial charge in [-0.2, -0.15) is 0 Å². The predicted molar refractivity (Wildman–Crippen MR) is 60.4 cm³/mol. The molecule has 0 saturated heterocycles. The second-order valence-electron chi connectivity index (χ2n) is 4.25. The molecule has 0 atom stereocenters. The summed E-state index contributed by atoms with van der Waals surface area (Å²) in [5, 5.41) is 8.34. The van der Waals surface area contributed by atoms with Crippen molar-refractivity contribution in [2.45, 2.75) is 19.3 Å². The molecular formula is C11H14N4O. The van der Waals surface area contributed by atoms with E-state index < -0.39 is 0 Å². The van der Waals surface area contributed by atoms with Gasteiger partial charge in [0.25, 0.3) is 0 Å². The summed E-state index contributed by atoms with van der Waals surface area (Å²) in [6, 6.07) is 3.64. The third kappa shape index (κ3) is 1.39. The lowest BCUT2D eigenvalue weighted by Crippen LogP contribution is -2.03. The number of methoxy groups -OCH3 is 1. The van der Waals surface area contributed by atoms with Gasteiger partial charge in [0.1, 0.15) is 11.6 Å². The summed E-state index contributed by atoms with van der Waals surface area (Å²) in [5.41, 5.74) is 6.66. The maximum absolute atomic E-state index is 5.95. The monoisotopic (exact) mass is 218 g/mol. The van der Waals surface area contributed by atoms with Gasteiger partial charge in [0.15, 0.2) is 5.75 Å². The molecule has 84 valence electrons. The first kappa shape index (κ1) is 9.45. The molecule has 0 radical (unpaired) electrons. The Morgan fingerprint density at radius 3 is 2.94 bits per heavy atom. The van der Waals surface area contributed by atoms with Crippen LogP contribution in [0.5, 0.6) is 5.75 Å². The fraction of sp³-hybridized carbons (Fsp3) is 0.455. The highest BCUT2D eigenvalue weighted by molar-refractivity contribution is 5.59. The largest absolute Gasteiger partial charge is 0.493 e. The molecule has 0 bridgehead atoms. The van der Waals surface area contributed by atoms with Crippen LogP contribution in [-0.4, -0.2) is 21.7 Å². The van der Waals surface area contributed by atoms with Crippen LogP contribution in [-0.2, 0) is 6.42 Å². The highest BCUT2D eigenvalue weighted by Crippen LogP contribution is 2.33. The van der Waals surface area contributed by atoms with Gasteiger partial charge in [0, 0.05) is 6.42 Å². The van der Waals surface area contributed by atoms with E-state index in [9.17, 15) is 0 Å². The third-order valence-electron chi connectivity index (χ3n) is 3.00. The number of fused-ring (bicyclic) bond motifs is 1. The SMILES string of the molecule is COc1ccc(N)n2c(CC3CC3)nnc12. The summed E-state index contributed by atoms with van der Waals surface area (Å²) in [5.74, 6) is 3.08. The van der Waals surface area contributed by atoms with Crippen molar-refractivity contribution in [2.75, 3.05) is 12.8 Å². The first-order valence-corrected chi connectivity index (χ1v) is 5.46. The fourth-order valence-electron chi connectivity index (χ4n) is 1.93. The minimum absolute atomic E-state index is 0.663. The second-order valence-corrected chi connectivity index (χ2v) is 4.25. The van der Waals surface area contributed by atoms with E-state index in [1.165, 1.54) is 12.8 Å². The molecule has 3 rings (SSSR count). The zero-order chi connectivity index (χ0) is 11.1. The zero-order valence-electron chi connectivity index (χ0n) is 9.18. The molecule has 0 amide bonds. The van der Waals surface area contributed by atoms with Gasteiger partial charge < -0.3 is 10.5 Å². The van der Waals surface area contributed by atoms with Gasteiger partial charge >= 0.3 is 0 Å². The first-order chi connectivity index (χ1) is 7.79.